The Hall–Kier alpha value is -0.970. The van der Waals surface area contributed by atoms with Crippen molar-refractivity contribution >= 4 is 29.3 Å². The second kappa shape index (κ2) is 7.29. The Morgan fingerprint density at radius 3 is 2.48 bits per heavy atom. The van der Waals surface area contributed by atoms with E-state index in [-0.39, 0.29) is 11.6 Å². The molecule has 0 bridgehead atoms. The molecule has 0 heterocycles. The standard InChI is InChI=1S/C17H24Cl2N2O2/c1-16(2,3)23-15(22)21-17(7-4-8-17)11-20-10-12-5-6-13(18)14(19)9-12/h5-6,9,20H,4,7-8,10-11H2,1-3H3,(H,21,22). The van der Waals surface area contributed by atoms with E-state index in [1.807, 2.05) is 32.9 Å². The molecule has 4 nitrogen and oxygen atoms in total. The van der Waals surface area contributed by atoms with Crippen LogP contribution in [0.25, 0.3) is 0 Å². The predicted octanol–water partition coefficient (Wildman–Crippen LogP) is 4.53. The van der Waals surface area contributed by atoms with Crippen molar-refractivity contribution in [3.05, 3.63) is 33.8 Å². The van der Waals surface area contributed by atoms with Gasteiger partial charge in [0.1, 0.15) is 5.60 Å². The van der Waals surface area contributed by atoms with Crippen molar-refractivity contribution < 1.29 is 9.53 Å². The minimum Gasteiger partial charge on any atom is -0.444 e. The van der Waals surface area contributed by atoms with Gasteiger partial charge in [-0.15, -0.1) is 0 Å². The van der Waals surface area contributed by atoms with Gasteiger partial charge in [0.25, 0.3) is 0 Å². The number of amides is 1. The Balaban J connectivity index is 1.84. The molecule has 2 rings (SSSR count). The van der Waals surface area contributed by atoms with E-state index in [1.165, 1.54) is 0 Å². The van der Waals surface area contributed by atoms with E-state index in [0.717, 1.165) is 24.8 Å². The number of carbonyl (C=O) groups is 1. The molecule has 1 fully saturated rings. The Labute approximate surface area is 147 Å². The summed E-state index contributed by atoms with van der Waals surface area (Å²) in [5, 5.41) is 7.51. The monoisotopic (exact) mass is 358 g/mol. The van der Waals surface area contributed by atoms with Gasteiger partial charge < -0.3 is 15.4 Å². The Morgan fingerprint density at radius 1 is 1.26 bits per heavy atom. The Kier molecular flexibility index (Phi) is 5.82. The van der Waals surface area contributed by atoms with Gasteiger partial charge in [-0.05, 0) is 57.7 Å². The third-order valence-electron chi connectivity index (χ3n) is 3.85. The van der Waals surface area contributed by atoms with Gasteiger partial charge in [0.2, 0.25) is 0 Å². The summed E-state index contributed by atoms with van der Waals surface area (Å²) in [4.78, 5) is 12.0. The molecule has 128 valence electrons. The van der Waals surface area contributed by atoms with Gasteiger partial charge in [-0.2, -0.15) is 0 Å². The highest BCUT2D eigenvalue weighted by Gasteiger charge is 2.39. The highest BCUT2D eigenvalue weighted by molar-refractivity contribution is 6.42. The molecule has 1 saturated carbocycles. The van der Waals surface area contributed by atoms with Crippen LogP contribution in [0.1, 0.15) is 45.6 Å². The molecule has 1 aromatic carbocycles. The van der Waals surface area contributed by atoms with Crippen molar-refractivity contribution in [2.24, 2.45) is 0 Å². The van der Waals surface area contributed by atoms with Crippen LogP contribution in [-0.4, -0.2) is 23.8 Å². The summed E-state index contributed by atoms with van der Waals surface area (Å²) in [6.07, 6.45) is 2.68. The maximum atomic E-state index is 12.0. The van der Waals surface area contributed by atoms with Gasteiger partial charge in [0.15, 0.2) is 0 Å². The molecule has 0 aliphatic heterocycles. The maximum absolute atomic E-state index is 12.0. The van der Waals surface area contributed by atoms with Gasteiger partial charge >= 0.3 is 6.09 Å². The molecular formula is C17H24Cl2N2O2. The SMILES string of the molecule is CC(C)(C)OC(=O)NC1(CNCc2ccc(Cl)c(Cl)c2)CCC1. The van der Waals surface area contributed by atoms with Crippen molar-refractivity contribution in [2.75, 3.05) is 6.54 Å². The summed E-state index contributed by atoms with van der Waals surface area (Å²) in [7, 11) is 0. The van der Waals surface area contributed by atoms with E-state index < -0.39 is 5.60 Å². The molecule has 0 aromatic heterocycles. The van der Waals surface area contributed by atoms with Crippen LogP contribution in [-0.2, 0) is 11.3 Å². The summed E-state index contributed by atoms with van der Waals surface area (Å²) in [5.74, 6) is 0. The first kappa shape index (κ1) is 18.4. The average Bonchev–Trinajstić information content (AvgIpc) is 2.37. The smallest absolute Gasteiger partial charge is 0.408 e. The van der Waals surface area contributed by atoms with E-state index >= 15 is 0 Å². The first-order valence-corrected chi connectivity index (χ1v) is 8.61. The third-order valence-corrected chi connectivity index (χ3v) is 4.59. The number of hydrogen-bond donors (Lipinski definition) is 2. The molecule has 0 saturated heterocycles. The molecule has 1 aliphatic carbocycles. The van der Waals surface area contributed by atoms with Gasteiger partial charge in [-0.25, -0.2) is 4.79 Å². The number of nitrogens with one attached hydrogen (secondary N) is 2. The molecule has 1 aromatic rings. The molecule has 1 aliphatic rings. The van der Waals surface area contributed by atoms with Gasteiger partial charge in [-0.3, -0.25) is 0 Å². The summed E-state index contributed by atoms with van der Waals surface area (Å²) in [5.41, 5.74) is 0.368. The zero-order chi connectivity index (χ0) is 17.1. The Morgan fingerprint density at radius 2 is 1.96 bits per heavy atom. The number of ether oxygens (including phenoxy) is 1. The molecule has 1 amide bonds. The second-order valence-corrected chi connectivity index (χ2v) is 7.93. The molecule has 0 spiro atoms. The highest BCUT2D eigenvalue weighted by Crippen LogP contribution is 2.31. The molecular weight excluding hydrogens is 335 g/mol. The lowest BCUT2D eigenvalue weighted by Crippen LogP contribution is -2.59. The summed E-state index contributed by atoms with van der Waals surface area (Å²) in [6, 6.07) is 5.58. The van der Waals surface area contributed by atoms with Crippen LogP contribution in [0.2, 0.25) is 10.0 Å². The normalized spacial score (nSPS) is 16.6. The van der Waals surface area contributed by atoms with Gasteiger partial charge in [0, 0.05) is 13.1 Å². The topological polar surface area (TPSA) is 50.4 Å². The van der Waals surface area contributed by atoms with Crippen molar-refractivity contribution in [2.45, 2.75) is 57.7 Å². The van der Waals surface area contributed by atoms with E-state index in [4.69, 9.17) is 27.9 Å². The lowest BCUT2D eigenvalue weighted by molar-refractivity contribution is 0.0382. The number of benzene rings is 1. The lowest BCUT2D eigenvalue weighted by atomic mass is 9.76. The van der Waals surface area contributed by atoms with E-state index in [1.54, 1.807) is 6.07 Å². The summed E-state index contributed by atoms with van der Waals surface area (Å²) in [6.45, 7) is 6.97. The lowest BCUT2D eigenvalue weighted by Gasteiger charge is -2.42. The fraction of sp³-hybridized carbons (Fsp3) is 0.588. The first-order valence-electron chi connectivity index (χ1n) is 7.85. The third kappa shape index (κ3) is 5.55. The Bertz CT molecular complexity index is 566. The largest absolute Gasteiger partial charge is 0.444 e. The van der Waals surface area contributed by atoms with Crippen LogP contribution in [0.15, 0.2) is 18.2 Å². The maximum Gasteiger partial charge on any atom is 0.408 e. The molecule has 0 radical (unpaired) electrons. The fourth-order valence-corrected chi connectivity index (χ4v) is 2.89. The molecule has 23 heavy (non-hydrogen) atoms. The average molecular weight is 359 g/mol. The van der Waals surface area contributed by atoms with Crippen LogP contribution in [0.3, 0.4) is 0 Å². The van der Waals surface area contributed by atoms with E-state index in [0.29, 0.717) is 23.1 Å². The number of hydrogen-bond acceptors (Lipinski definition) is 3. The number of rotatable bonds is 5. The number of halogens is 2. The second-order valence-electron chi connectivity index (χ2n) is 7.11. The predicted molar refractivity (Wildman–Crippen MR) is 94.1 cm³/mol. The zero-order valence-electron chi connectivity index (χ0n) is 13.8. The van der Waals surface area contributed by atoms with Crippen molar-refractivity contribution in [3.63, 3.8) is 0 Å². The zero-order valence-corrected chi connectivity index (χ0v) is 15.4. The van der Waals surface area contributed by atoms with Crippen molar-refractivity contribution in [1.29, 1.82) is 0 Å². The number of carbonyl (C=O) groups excluding carboxylic acids is 1. The number of alkyl carbamates (subject to hydrolysis) is 1. The van der Waals surface area contributed by atoms with Crippen LogP contribution >= 0.6 is 23.2 Å². The van der Waals surface area contributed by atoms with Crippen LogP contribution in [0, 0.1) is 0 Å². The quantitative estimate of drug-likeness (QED) is 0.812. The minimum absolute atomic E-state index is 0.210. The van der Waals surface area contributed by atoms with Gasteiger partial charge in [0.05, 0.1) is 15.6 Å². The van der Waals surface area contributed by atoms with Gasteiger partial charge in [-0.1, -0.05) is 29.3 Å². The van der Waals surface area contributed by atoms with Crippen LogP contribution < -0.4 is 10.6 Å². The molecule has 0 unspecified atom stereocenters. The van der Waals surface area contributed by atoms with Crippen LogP contribution in [0.5, 0.6) is 0 Å². The minimum atomic E-state index is -0.484. The van der Waals surface area contributed by atoms with Crippen molar-refractivity contribution in [3.8, 4) is 0 Å². The molecule has 6 heteroatoms. The van der Waals surface area contributed by atoms with E-state index in [9.17, 15) is 4.79 Å². The van der Waals surface area contributed by atoms with E-state index in [2.05, 4.69) is 10.6 Å². The van der Waals surface area contributed by atoms with Crippen LogP contribution in [0.4, 0.5) is 4.79 Å². The first-order chi connectivity index (χ1) is 10.7. The van der Waals surface area contributed by atoms with Crippen molar-refractivity contribution in [1.82, 2.24) is 10.6 Å². The molecule has 0 atom stereocenters. The molecule has 2 N–H and O–H groups in total. The summed E-state index contributed by atoms with van der Waals surface area (Å²) < 4.78 is 5.35. The summed E-state index contributed by atoms with van der Waals surface area (Å²) >= 11 is 11.9. The fourth-order valence-electron chi connectivity index (χ4n) is 2.57. The highest BCUT2D eigenvalue weighted by atomic mass is 35.5.